The summed E-state index contributed by atoms with van der Waals surface area (Å²) >= 11 is 0.993. The first kappa shape index (κ1) is 18.7. The van der Waals surface area contributed by atoms with Crippen LogP contribution in [0.5, 0.6) is 5.75 Å². The van der Waals surface area contributed by atoms with Crippen LogP contribution in [0.25, 0.3) is 10.6 Å². The Morgan fingerprint density at radius 3 is 2.41 bits per heavy atom. The van der Waals surface area contributed by atoms with E-state index in [1.807, 2.05) is 4.72 Å². The van der Waals surface area contributed by atoms with E-state index >= 15 is 0 Å². The fraction of sp³-hybridized carbons (Fsp3) is 0. The van der Waals surface area contributed by atoms with E-state index in [1.54, 1.807) is 0 Å². The zero-order chi connectivity index (χ0) is 19.8. The van der Waals surface area contributed by atoms with Crippen molar-refractivity contribution >= 4 is 33.0 Å². The van der Waals surface area contributed by atoms with Crippen LogP contribution in [-0.2, 0) is 10.0 Å². The van der Waals surface area contributed by atoms with Crippen molar-refractivity contribution in [1.29, 1.82) is 0 Å². The molecule has 3 rings (SSSR count). The highest BCUT2D eigenvalue weighted by Crippen LogP contribution is 2.32. The lowest BCUT2D eigenvalue weighted by Crippen LogP contribution is -2.14. The van der Waals surface area contributed by atoms with Crippen molar-refractivity contribution in [2.45, 2.75) is 5.03 Å². The molecule has 7 nitrogen and oxygen atoms in total. The Hall–Kier alpha value is -3.05. The van der Waals surface area contributed by atoms with E-state index in [2.05, 4.69) is 4.98 Å². The van der Waals surface area contributed by atoms with E-state index in [0.29, 0.717) is 10.6 Å². The summed E-state index contributed by atoms with van der Waals surface area (Å²) < 4.78 is 53.6. The maximum Gasteiger partial charge on any atom is 0.338 e. The fourth-order valence-corrected chi connectivity index (χ4v) is 4.28. The Labute approximate surface area is 155 Å². The number of hydrogen-bond donors (Lipinski definition) is 3. The van der Waals surface area contributed by atoms with Gasteiger partial charge in [-0.1, -0.05) is 0 Å². The van der Waals surface area contributed by atoms with Gasteiger partial charge in [-0.2, -0.15) is 8.42 Å². The summed E-state index contributed by atoms with van der Waals surface area (Å²) in [7, 11) is -4.28. The molecule has 0 saturated heterocycles. The molecule has 0 spiro atoms. The second kappa shape index (κ2) is 6.93. The molecule has 2 aromatic carbocycles. The average Bonchev–Trinajstić information content (AvgIpc) is 3.10. The molecule has 0 aliphatic carbocycles. The van der Waals surface area contributed by atoms with Crippen LogP contribution in [0.4, 0.5) is 14.5 Å². The molecule has 27 heavy (non-hydrogen) atoms. The number of aromatic nitrogens is 1. The van der Waals surface area contributed by atoms with Crippen molar-refractivity contribution in [3.63, 3.8) is 0 Å². The van der Waals surface area contributed by atoms with Crippen LogP contribution in [0.1, 0.15) is 10.4 Å². The Balaban J connectivity index is 1.91. The number of aromatic hydroxyl groups is 1. The summed E-state index contributed by atoms with van der Waals surface area (Å²) in [4.78, 5) is 14.8. The van der Waals surface area contributed by atoms with Crippen LogP contribution in [0, 0.1) is 11.6 Å². The van der Waals surface area contributed by atoms with Gasteiger partial charge in [0.05, 0.1) is 11.3 Å². The van der Waals surface area contributed by atoms with Crippen LogP contribution in [-0.4, -0.2) is 29.6 Å². The molecule has 0 aliphatic rings. The van der Waals surface area contributed by atoms with Gasteiger partial charge in [0.1, 0.15) is 10.8 Å². The van der Waals surface area contributed by atoms with Gasteiger partial charge >= 0.3 is 5.97 Å². The number of phenolic OH excluding ortho intramolecular Hbond substituents is 1. The van der Waals surface area contributed by atoms with Gasteiger partial charge in [0.25, 0.3) is 10.0 Å². The lowest BCUT2D eigenvalue weighted by atomic mass is 10.2. The van der Waals surface area contributed by atoms with Crippen molar-refractivity contribution in [2.75, 3.05) is 4.72 Å². The summed E-state index contributed by atoms with van der Waals surface area (Å²) in [5.74, 6) is -4.67. The van der Waals surface area contributed by atoms with Crippen LogP contribution in [0.3, 0.4) is 0 Å². The molecule has 1 aromatic heterocycles. The molecule has 0 radical (unpaired) electrons. The van der Waals surface area contributed by atoms with E-state index in [9.17, 15) is 27.1 Å². The minimum absolute atomic E-state index is 0.312. The second-order valence-corrected chi connectivity index (χ2v) is 7.72. The summed E-state index contributed by atoms with van der Waals surface area (Å²) in [5.41, 5.74) is -0.834. The minimum atomic E-state index is -4.28. The predicted molar refractivity (Wildman–Crippen MR) is 93.3 cm³/mol. The van der Waals surface area contributed by atoms with E-state index in [0.717, 1.165) is 23.5 Å². The summed E-state index contributed by atoms with van der Waals surface area (Å²) in [5, 5.41) is 19.7. The van der Waals surface area contributed by atoms with E-state index in [1.165, 1.54) is 29.6 Å². The summed E-state index contributed by atoms with van der Waals surface area (Å²) in [6.45, 7) is 0. The number of carboxylic acid groups (broad SMARTS) is 1. The van der Waals surface area contributed by atoms with E-state index in [-0.39, 0.29) is 0 Å². The lowest BCUT2D eigenvalue weighted by molar-refractivity contribution is 0.0691. The monoisotopic (exact) mass is 412 g/mol. The third-order valence-corrected chi connectivity index (χ3v) is 5.73. The standard InChI is InChI=1S/C16H10F2N2O5S2/c17-9-3-1-8(2-4-9)15-19-12(7-26-15)27(24,25)20-11-6-5-10(16(22)23)13(18)14(11)21/h1-7,20-21H,(H,22,23). The molecular formula is C16H10F2N2O5S2. The SMILES string of the molecule is O=C(O)c1ccc(NS(=O)(=O)c2csc(-c3ccc(F)cc3)n2)c(O)c1F. The molecule has 0 bridgehead atoms. The Kier molecular flexibility index (Phi) is 4.81. The van der Waals surface area contributed by atoms with Gasteiger partial charge < -0.3 is 10.2 Å². The molecular weight excluding hydrogens is 402 g/mol. The zero-order valence-corrected chi connectivity index (χ0v) is 14.8. The minimum Gasteiger partial charge on any atom is -0.503 e. The third-order valence-electron chi connectivity index (χ3n) is 3.44. The van der Waals surface area contributed by atoms with Crippen LogP contribution >= 0.6 is 11.3 Å². The van der Waals surface area contributed by atoms with Gasteiger partial charge in [-0.3, -0.25) is 4.72 Å². The maximum absolute atomic E-state index is 13.8. The third kappa shape index (κ3) is 3.73. The molecule has 11 heteroatoms. The van der Waals surface area contributed by atoms with E-state index < -0.39 is 49.7 Å². The molecule has 140 valence electrons. The molecule has 1 heterocycles. The number of sulfonamides is 1. The van der Waals surface area contributed by atoms with Gasteiger partial charge in [0, 0.05) is 10.9 Å². The van der Waals surface area contributed by atoms with Crippen LogP contribution in [0.15, 0.2) is 46.8 Å². The number of nitrogens with zero attached hydrogens (tertiary/aromatic N) is 1. The number of carbonyl (C=O) groups is 1. The number of nitrogens with one attached hydrogen (secondary N) is 1. The lowest BCUT2D eigenvalue weighted by Gasteiger charge is -2.09. The summed E-state index contributed by atoms with van der Waals surface area (Å²) in [6, 6.07) is 7.02. The van der Waals surface area contributed by atoms with E-state index in [4.69, 9.17) is 5.11 Å². The van der Waals surface area contributed by atoms with Crippen LogP contribution in [0.2, 0.25) is 0 Å². The number of phenols is 1. The van der Waals surface area contributed by atoms with Gasteiger partial charge in [0.15, 0.2) is 16.6 Å². The van der Waals surface area contributed by atoms with Crippen molar-refractivity contribution < 1.29 is 32.2 Å². The molecule has 0 fully saturated rings. The first-order chi connectivity index (χ1) is 12.7. The molecule has 0 saturated carbocycles. The van der Waals surface area contributed by atoms with Crippen molar-refractivity contribution in [2.24, 2.45) is 0 Å². The number of aromatic carboxylic acids is 1. The number of carboxylic acids is 1. The Bertz CT molecular complexity index is 1130. The molecule has 0 unspecified atom stereocenters. The zero-order valence-electron chi connectivity index (χ0n) is 13.2. The van der Waals surface area contributed by atoms with Gasteiger partial charge in [0.2, 0.25) is 0 Å². The van der Waals surface area contributed by atoms with Gasteiger partial charge in [-0.25, -0.2) is 18.6 Å². The quantitative estimate of drug-likeness (QED) is 0.554. The highest BCUT2D eigenvalue weighted by atomic mass is 32.2. The average molecular weight is 412 g/mol. The Morgan fingerprint density at radius 2 is 1.78 bits per heavy atom. The van der Waals surface area contributed by atoms with Crippen molar-refractivity contribution in [1.82, 2.24) is 4.98 Å². The maximum atomic E-state index is 13.8. The second-order valence-electron chi connectivity index (χ2n) is 5.23. The smallest absolute Gasteiger partial charge is 0.338 e. The van der Waals surface area contributed by atoms with Gasteiger partial charge in [-0.15, -0.1) is 11.3 Å². The number of anilines is 1. The number of hydrogen-bond acceptors (Lipinski definition) is 6. The first-order valence-electron chi connectivity index (χ1n) is 7.18. The number of halogens is 2. The first-order valence-corrected chi connectivity index (χ1v) is 9.54. The number of thiazole rings is 1. The topological polar surface area (TPSA) is 117 Å². The molecule has 3 N–H and O–H groups in total. The highest BCUT2D eigenvalue weighted by molar-refractivity contribution is 7.92. The molecule has 0 atom stereocenters. The van der Waals surface area contributed by atoms with Gasteiger partial charge in [-0.05, 0) is 36.4 Å². The van der Waals surface area contributed by atoms with Crippen molar-refractivity contribution in [3.05, 3.63) is 59.0 Å². The predicted octanol–water partition coefficient (Wildman–Crippen LogP) is 3.29. The summed E-state index contributed by atoms with van der Waals surface area (Å²) in [6.07, 6.45) is 0. The Morgan fingerprint density at radius 1 is 1.11 bits per heavy atom. The number of benzene rings is 2. The van der Waals surface area contributed by atoms with Crippen LogP contribution < -0.4 is 4.72 Å². The molecule has 0 aliphatic heterocycles. The normalized spacial score (nSPS) is 11.3. The fourth-order valence-electron chi connectivity index (χ4n) is 2.12. The van der Waals surface area contributed by atoms with Crippen molar-refractivity contribution in [3.8, 4) is 16.3 Å². The molecule has 0 amide bonds. The number of rotatable bonds is 5. The molecule has 3 aromatic rings. The highest BCUT2D eigenvalue weighted by Gasteiger charge is 2.23. The largest absolute Gasteiger partial charge is 0.503 e.